The summed E-state index contributed by atoms with van der Waals surface area (Å²) in [4.78, 5) is 10.6. The molecule has 0 amide bonds. The number of thioether (sulfide) groups is 1. The molecule has 1 aliphatic rings. The van der Waals surface area contributed by atoms with Crippen molar-refractivity contribution in [2.45, 2.75) is 37.6 Å². The second-order valence-corrected chi connectivity index (χ2v) is 6.32. The molecule has 0 aromatic heterocycles. The number of carboxylic acid groups (broad SMARTS) is 1. The van der Waals surface area contributed by atoms with E-state index in [2.05, 4.69) is 12.1 Å². The molecule has 1 aromatic rings. The van der Waals surface area contributed by atoms with Gasteiger partial charge in [0.15, 0.2) is 0 Å². The summed E-state index contributed by atoms with van der Waals surface area (Å²) in [5.41, 5.74) is 8.51. The minimum atomic E-state index is -0.782. The maximum Gasteiger partial charge on any atom is 0.303 e. The van der Waals surface area contributed by atoms with E-state index < -0.39 is 5.97 Å². The molecule has 19 heavy (non-hydrogen) atoms. The topological polar surface area (TPSA) is 63.3 Å². The van der Waals surface area contributed by atoms with E-state index in [0.29, 0.717) is 12.3 Å². The summed E-state index contributed by atoms with van der Waals surface area (Å²) in [6.07, 6.45) is 3.10. The molecule has 0 aliphatic carbocycles. The number of benzene rings is 1. The second-order valence-electron chi connectivity index (χ2n) is 5.10. The van der Waals surface area contributed by atoms with Gasteiger partial charge in [-0.1, -0.05) is 24.3 Å². The molecule has 2 rings (SSSR count). The van der Waals surface area contributed by atoms with Gasteiger partial charge in [-0.15, -0.1) is 0 Å². The van der Waals surface area contributed by atoms with Gasteiger partial charge in [-0.2, -0.15) is 11.8 Å². The molecule has 3 N–H and O–H groups in total. The Morgan fingerprint density at radius 1 is 1.42 bits per heavy atom. The molecule has 1 heterocycles. The lowest BCUT2D eigenvalue weighted by molar-refractivity contribution is -0.137. The minimum absolute atomic E-state index is 0.130. The van der Waals surface area contributed by atoms with Gasteiger partial charge in [0, 0.05) is 12.5 Å². The van der Waals surface area contributed by atoms with Gasteiger partial charge >= 0.3 is 5.97 Å². The van der Waals surface area contributed by atoms with Gasteiger partial charge in [-0.25, -0.2) is 0 Å². The fourth-order valence-corrected chi connectivity index (χ4v) is 3.63. The van der Waals surface area contributed by atoms with Crippen LogP contribution >= 0.6 is 11.8 Å². The van der Waals surface area contributed by atoms with Crippen LogP contribution in [-0.2, 0) is 4.79 Å². The van der Waals surface area contributed by atoms with Crippen LogP contribution in [0.3, 0.4) is 0 Å². The fraction of sp³-hybridized carbons (Fsp3) is 0.533. The van der Waals surface area contributed by atoms with Gasteiger partial charge in [-0.3, -0.25) is 4.79 Å². The third-order valence-corrected chi connectivity index (χ3v) is 4.75. The van der Waals surface area contributed by atoms with Crippen molar-refractivity contribution < 1.29 is 9.90 Å². The average Bonchev–Trinajstić information content (AvgIpc) is 2.46. The highest BCUT2D eigenvalue weighted by atomic mass is 32.2. The Balaban J connectivity index is 2.03. The molecule has 0 spiro atoms. The molecular weight excluding hydrogens is 258 g/mol. The molecule has 1 saturated heterocycles. The zero-order valence-electron chi connectivity index (χ0n) is 11.0. The number of aliphatic carboxylic acids is 1. The maximum absolute atomic E-state index is 10.6. The first-order valence-electron chi connectivity index (χ1n) is 6.82. The summed E-state index contributed by atoms with van der Waals surface area (Å²) < 4.78 is 0. The Morgan fingerprint density at radius 2 is 2.16 bits per heavy atom. The Bertz CT molecular complexity index is 430. The molecule has 1 aromatic carbocycles. The minimum Gasteiger partial charge on any atom is -0.481 e. The van der Waals surface area contributed by atoms with E-state index in [-0.39, 0.29) is 12.5 Å². The first kappa shape index (κ1) is 14.4. The lowest BCUT2D eigenvalue weighted by Crippen LogP contribution is -2.13. The Morgan fingerprint density at radius 3 is 2.84 bits per heavy atom. The quantitative estimate of drug-likeness (QED) is 0.869. The predicted molar refractivity (Wildman–Crippen MR) is 79.5 cm³/mol. The highest BCUT2D eigenvalue weighted by Gasteiger charge is 2.17. The summed E-state index contributed by atoms with van der Waals surface area (Å²) in [6.45, 7) is 0. The summed E-state index contributed by atoms with van der Waals surface area (Å²) in [5, 5.41) is 8.71. The number of nitrogens with two attached hydrogens (primary N) is 1. The fourth-order valence-electron chi connectivity index (χ4n) is 2.52. The van der Waals surface area contributed by atoms with Gasteiger partial charge < -0.3 is 10.8 Å². The molecule has 1 atom stereocenters. The smallest absolute Gasteiger partial charge is 0.303 e. The van der Waals surface area contributed by atoms with Crippen LogP contribution in [0, 0.1) is 0 Å². The predicted octanol–water partition coefficient (Wildman–Crippen LogP) is 3.16. The monoisotopic (exact) mass is 279 g/mol. The van der Waals surface area contributed by atoms with Gasteiger partial charge in [0.25, 0.3) is 0 Å². The van der Waals surface area contributed by atoms with Crippen molar-refractivity contribution in [1.29, 1.82) is 0 Å². The van der Waals surface area contributed by atoms with Crippen LogP contribution in [0.25, 0.3) is 0 Å². The zero-order valence-corrected chi connectivity index (χ0v) is 11.9. The average molecular weight is 279 g/mol. The largest absolute Gasteiger partial charge is 0.481 e. The van der Waals surface area contributed by atoms with E-state index in [1.165, 1.54) is 29.9 Å². The maximum atomic E-state index is 10.6. The third-order valence-electron chi connectivity index (χ3n) is 3.70. The van der Waals surface area contributed by atoms with Gasteiger partial charge in [0.05, 0.1) is 0 Å². The SMILES string of the molecule is NC(CCC(=O)O)c1cccc(C2CCSCC2)c1. The van der Waals surface area contributed by atoms with E-state index in [9.17, 15) is 4.79 Å². The first-order chi connectivity index (χ1) is 9.16. The summed E-state index contributed by atoms with van der Waals surface area (Å²) >= 11 is 2.03. The standard InChI is InChI=1S/C15H21NO2S/c16-14(4-5-15(17)18)13-3-1-2-12(10-13)11-6-8-19-9-7-11/h1-3,10-11,14H,4-9,16H2,(H,17,18). The van der Waals surface area contributed by atoms with E-state index >= 15 is 0 Å². The summed E-state index contributed by atoms with van der Waals surface area (Å²) in [7, 11) is 0. The van der Waals surface area contributed by atoms with E-state index in [0.717, 1.165) is 5.56 Å². The molecule has 1 fully saturated rings. The molecule has 1 aliphatic heterocycles. The second kappa shape index (κ2) is 6.96. The summed E-state index contributed by atoms with van der Waals surface area (Å²) in [5.74, 6) is 2.34. The van der Waals surface area contributed by atoms with Crippen LogP contribution in [0.5, 0.6) is 0 Å². The van der Waals surface area contributed by atoms with Crippen molar-refractivity contribution in [3.05, 3.63) is 35.4 Å². The summed E-state index contributed by atoms with van der Waals surface area (Å²) in [6, 6.07) is 8.23. The molecule has 0 radical (unpaired) electrons. The molecule has 1 unspecified atom stereocenters. The lowest BCUT2D eigenvalue weighted by Gasteiger charge is -2.23. The molecule has 104 valence electrons. The molecular formula is C15H21NO2S. The van der Waals surface area contributed by atoms with Crippen molar-refractivity contribution in [1.82, 2.24) is 0 Å². The van der Waals surface area contributed by atoms with Crippen LogP contribution in [0.1, 0.15) is 48.8 Å². The van der Waals surface area contributed by atoms with E-state index in [1.807, 2.05) is 23.9 Å². The van der Waals surface area contributed by atoms with Gasteiger partial charge in [0.1, 0.15) is 0 Å². The normalized spacial score (nSPS) is 18.2. The third kappa shape index (κ3) is 4.25. The molecule has 0 saturated carbocycles. The molecule has 3 nitrogen and oxygen atoms in total. The number of hydrogen-bond donors (Lipinski definition) is 2. The number of hydrogen-bond acceptors (Lipinski definition) is 3. The Hall–Kier alpha value is -1.00. The highest BCUT2D eigenvalue weighted by Crippen LogP contribution is 2.32. The Labute approximate surface area is 118 Å². The van der Waals surface area contributed by atoms with Crippen LogP contribution < -0.4 is 5.73 Å². The molecule has 4 heteroatoms. The van der Waals surface area contributed by atoms with Crippen molar-refractivity contribution in [3.8, 4) is 0 Å². The lowest BCUT2D eigenvalue weighted by atomic mass is 9.90. The van der Waals surface area contributed by atoms with Crippen LogP contribution in [0.15, 0.2) is 24.3 Å². The van der Waals surface area contributed by atoms with Crippen LogP contribution in [0.2, 0.25) is 0 Å². The van der Waals surface area contributed by atoms with Crippen molar-refractivity contribution in [3.63, 3.8) is 0 Å². The van der Waals surface area contributed by atoms with Crippen molar-refractivity contribution in [2.75, 3.05) is 11.5 Å². The Kier molecular flexibility index (Phi) is 5.28. The number of carboxylic acids is 1. The van der Waals surface area contributed by atoms with E-state index in [4.69, 9.17) is 10.8 Å². The van der Waals surface area contributed by atoms with Crippen LogP contribution in [-0.4, -0.2) is 22.6 Å². The van der Waals surface area contributed by atoms with Crippen molar-refractivity contribution in [2.24, 2.45) is 5.73 Å². The molecule has 0 bridgehead atoms. The van der Waals surface area contributed by atoms with Crippen molar-refractivity contribution >= 4 is 17.7 Å². The first-order valence-corrected chi connectivity index (χ1v) is 7.97. The van der Waals surface area contributed by atoms with Crippen LogP contribution in [0.4, 0.5) is 0 Å². The number of rotatable bonds is 5. The van der Waals surface area contributed by atoms with Gasteiger partial charge in [-0.05, 0) is 47.8 Å². The van der Waals surface area contributed by atoms with Gasteiger partial charge in [0.2, 0.25) is 0 Å². The zero-order chi connectivity index (χ0) is 13.7. The highest BCUT2D eigenvalue weighted by molar-refractivity contribution is 7.99. The van der Waals surface area contributed by atoms with E-state index in [1.54, 1.807) is 0 Å². The number of carbonyl (C=O) groups is 1.